The molecule has 1 heterocycles. The molecule has 108 valence electrons. The maximum atomic E-state index is 13.2. The zero-order valence-electron chi connectivity index (χ0n) is 11.1. The maximum absolute atomic E-state index is 13.2. The molecule has 0 spiro atoms. The molecule has 2 rings (SSSR count). The minimum absolute atomic E-state index is 0.0390. The number of rotatable bonds is 4. The van der Waals surface area contributed by atoms with Gasteiger partial charge in [-0.05, 0) is 31.5 Å². The largest absolute Gasteiger partial charge is 0.386 e. The third-order valence-electron chi connectivity index (χ3n) is 3.00. The van der Waals surface area contributed by atoms with Crippen molar-refractivity contribution in [2.75, 3.05) is 0 Å². The Balaban J connectivity index is 2.25. The first-order valence-corrected chi connectivity index (χ1v) is 6.63. The maximum Gasteiger partial charge on any atom is 0.159 e. The minimum atomic E-state index is -0.933. The average molecular weight is 301 g/mol. The molecule has 1 N–H and O–H groups in total. The van der Waals surface area contributed by atoms with Crippen LogP contribution in [0.3, 0.4) is 0 Å². The van der Waals surface area contributed by atoms with Crippen molar-refractivity contribution >= 4 is 11.6 Å². The molecule has 0 aliphatic heterocycles. The van der Waals surface area contributed by atoms with Crippen molar-refractivity contribution in [1.29, 1.82) is 0 Å². The molecule has 6 heteroatoms. The fourth-order valence-corrected chi connectivity index (χ4v) is 2.32. The van der Waals surface area contributed by atoms with Gasteiger partial charge in [0, 0.05) is 12.5 Å². The topological polar surface area (TPSA) is 38.0 Å². The van der Waals surface area contributed by atoms with Crippen LogP contribution in [0.4, 0.5) is 8.78 Å². The number of nitrogens with zero attached hydrogens (tertiary/aromatic N) is 2. The molecule has 0 aliphatic rings. The number of aliphatic hydroxyl groups excluding tert-OH is 1. The van der Waals surface area contributed by atoms with Crippen LogP contribution in [0.25, 0.3) is 0 Å². The zero-order valence-corrected chi connectivity index (χ0v) is 11.9. The minimum Gasteiger partial charge on any atom is -0.386 e. The van der Waals surface area contributed by atoms with Gasteiger partial charge in [0.1, 0.15) is 6.10 Å². The molecular formula is C14H15ClF2N2O. The highest BCUT2D eigenvalue weighted by atomic mass is 35.5. The number of hydrogen-bond donors (Lipinski definition) is 1. The summed E-state index contributed by atoms with van der Waals surface area (Å²) in [5.74, 6) is -1.84. The molecule has 1 aromatic heterocycles. The molecule has 0 saturated carbocycles. The first kappa shape index (κ1) is 14.9. The number of hydrogen-bond acceptors (Lipinski definition) is 2. The van der Waals surface area contributed by atoms with E-state index in [1.807, 2.05) is 13.8 Å². The van der Waals surface area contributed by atoms with E-state index in [4.69, 9.17) is 11.6 Å². The van der Waals surface area contributed by atoms with Crippen molar-refractivity contribution in [3.8, 4) is 0 Å². The summed E-state index contributed by atoms with van der Waals surface area (Å²) in [5, 5.41) is 14.7. The number of benzene rings is 1. The Labute approximate surface area is 120 Å². The Morgan fingerprint density at radius 3 is 2.60 bits per heavy atom. The highest BCUT2D eigenvalue weighted by molar-refractivity contribution is 6.31. The summed E-state index contributed by atoms with van der Waals surface area (Å²) in [4.78, 5) is 0. The standard InChI is InChI=1S/C14H15ClF2N2O/c1-8(2)19-14(10(15)7-18-19)13(20)6-9-3-4-11(16)12(17)5-9/h3-5,7-8,13,20H,6H2,1-2H3. The van der Waals surface area contributed by atoms with Crippen LogP contribution in [-0.4, -0.2) is 14.9 Å². The molecule has 2 aromatic rings. The van der Waals surface area contributed by atoms with E-state index in [1.165, 1.54) is 12.3 Å². The molecule has 0 fully saturated rings. The summed E-state index contributed by atoms with van der Waals surface area (Å²) < 4.78 is 27.6. The Bertz CT molecular complexity index is 613. The van der Waals surface area contributed by atoms with E-state index in [2.05, 4.69) is 5.10 Å². The molecule has 0 aliphatic carbocycles. The number of halogens is 3. The molecule has 20 heavy (non-hydrogen) atoms. The van der Waals surface area contributed by atoms with Crippen LogP contribution in [0.15, 0.2) is 24.4 Å². The first-order valence-electron chi connectivity index (χ1n) is 6.25. The number of aromatic nitrogens is 2. The van der Waals surface area contributed by atoms with Crippen LogP contribution in [-0.2, 0) is 6.42 Å². The van der Waals surface area contributed by atoms with Crippen LogP contribution in [0, 0.1) is 11.6 Å². The van der Waals surface area contributed by atoms with Gasteiger partial charge in [-0.2, -0.15) is 5.10 Å². The third-order valence-corrected chi connectivity index (χ3v) is 3.30. The molecule has 3 nitrogen and oxygen atoms in total. The summed E-state index contributed by atoms with van der Waals surface area (Å²) in [5.41, 5.74) is 0.968. The normalized spacial score (nSPS) is 12.9. The highest BCUT2D eigenvalue weighted by Crippen LogP contribution is 2.28. The molecule has 1 unspecified atom stereocenters. The van der Waals surface area contributed by atoms with Gasteiger partial charge >= 0.3 is 0 Å². The summed E-state index contributed by atoms with van der Waals surface area (Å²) in [6.45, 7) is 3.83. The van der Waals surface area contributed by atoms with E-state index in [-0.39, 0.29) is 12.5 Å². The van der Waals surface area contributed by atoms with Crippen molar-refractivity contribution in [2.45, 2.75) is 32.4 Å². The Kier molecular flexibility index (Phi) is 4.40. The zero-order chi connectivity index (χ0) is 14.9. The number of aliphatic hydroxyl groups is 1. The Morgan fingerprint density at radius 2 is 2.00 bits per heavy atom. The first-order chi connectivity index (χ1) is 9.40. The quantitative estimate of drug-likeness (QED) is 0.935. The summed E-state index contributed by atoms with van der Waals surface area (Å²) in [7, 11) is 0. The van der Waals surface area contributed by atoms with Crippen LogP contribution >= 0.6 is 11.6 Å². The summed E-state index contributed by atoms with van der Waals surface area (Å²) in [6, 6.07) is 3.59. The fourth-order valence-electron chi connectivity index (χ4n) is 2.06. The monoisotopic (exact) mass is 300 g/mol. The van der Waals surface area contributed by atoms with E-state index in [0.29, 0.717) is 16.3 Å². The second-order valence-electron chi connectivity index (χ2n) is 4.88. The summed E-state index contributed by atoms with van der Waals surface area (Å²) >= 11 is 6.03. The Morgan fingerprint density at radius 1 is 1.30 bits per heavy atom. The molecule has 0 bridgehead atoms. The van der Waals surface area contributed by atoms with Crippen molar-refractivity contribution < 1.29 is 13.9 Å². The molecule has 1 atom stereocenters. The summed E-state index contributed by atoms with van der Waals surface area (Å²) in [6.07, 6.45) is 0.665. The SMILES string of the molecule is CC(C)n1ncc(Cl)c1C(O)Cc1ccc(F)c(F)c1. The van der Waals surface area contributed by atoms with Gasteiger partial charge in [0.25, 0.3) is 0 Å². The van der Waals surface area contributed by atoms with E-state index in [9.17, 15) is 13.9 Å². The lowest BCUT2D eigenvalue weighted by Crippen LogP contribution is -2.13. The van der Waals surface area contributed by atoms with Crippen molar-refractivity contribution in [3.05, 3.63) is 52.3 Å². The average Bonchev–Trinajstić information content (AvgIpc) is 2.76. The molecule has 1 aromatic carbocycles. The van der Waals surface area contributed by atoms with E-state index in [0.717, 1.165) is 12.1 Å². The van der Waals surface area contributed by atoms with Gasteiger partial charge in [-0.15, -0.1) is 0 Å². The van der Waals surface area contributed by atoms with Crippen LogP contribution in [0.1, 0.15) is 37.3 Å². The van der Waals surface area contributed by atoms with Gasteiger partial charge in [-0.3, -0.25) is 4.68 Å². The van der Waals surface area contributed by atoms with Crippen LogP contribution in [0.2, 0.25) is 5.02 Å². The second-order valence-corrected chi connectivity index (χ2v) is 5.29. The van der Waals surface area contributed by atoms with Gasteiger partial charge in [0.2, 0.25) is 0 Å². The molecular weight excluding hydrogens is 286 g/mol. The van der Waals surface area contributed by atoms with E-state index < -0.39 is 17.7 Å². The highest BCUT2D eigenvalue weighted by Gasteiger charge is 2.20. The van der Waals surface area contributed by atoms with Gasteiger partial charge in [-0.25, -0.2) is 8.78 Å². The van der Waals surface area contributed by atoms with Crippen LogP contribution < -0.4 is 0 Å². The fraction of sp³-hybridized carbons (Fsp3) is 0.357. The van der Waals surface area contributed by atoms with Gasteiger partial charge in [0.05, 0.1) is 16.9 Å². The second kappa shape index (κ2) is 5.89. The van der Waals surface area contributed by atoms with Gasteiger partial charge in [-0.1, -0.05) is 17.7 Å². The van der Waals surface area contributed by atoms with Crippen molar-refractivity contribution in [2.24, 2.45) is 0 Å². The van der Waals surface area contributed by atoms with E-state index >= 15 is 0 Å². The predicted octanol–water partition coefficient (Wildman–Crippen LogP) is 3.67. The van der Waals surface area contributed by atoms with Crippen molar-refractivity contribution in [3.63, 3.8) is 0 Å². The lowest BCUT2D eigenvalue weighted by molar-refractivity contribution is 0.164. The molecule has 0 radical (unpaired) electrons. The van der Waals surface area contributed by atoms with Gasteiger partial charge in [0.15, 0.2) is 11.6 Å². The van der Waals surface area contributed by atoms with Crippen molar-refractivity contribution in [1.82, 2.24) is 9.78 Å². The van der Waals surface area contributed by atoms with E-state index in [1.54, 1.807) is 4.68 Å². The third kappa shape index (κ3) is 2.99. The van der Waals surface area contributed by atoms with Gasteiger partial charge < -0.3 is 5.11 Å². The smallest absolute Gasteiger partial charge is 0.159 e. The lowest BCUT2D eigenvalue weighted by Gasteiger charge is -2.16. The Hall–Kier alpha value is -1.46. The lowest BCUT2D eigenvalue weighted by atomic mass is 10.1. The van der Waals surface area contributed by atoms with Crippen LogP contribution in [0.5, 0.6) is 0 Å². The molecule has 0 amide bonds. The molecule has 0 saturated heterocycles. The predicted molar refractivity (Wildman–Crippen MR) is 72.6 cm³/mol.